The van der Waals surface area contributed by atoms with Gasteiger partial charge >= 0.3 is 0 Å². The maximum atomic E-state index is 12.4. The molecule has 0 unspecified atom stereocenters. The molecule has 0 saturated carbocycles. The van der Waals surface area contributed by atoms with E-state index in [0.717, 1.165) is 31.7 Å². The molecule has 0 radical (unpaired) electrons. The maximum Gasteiger partial charge on any atom is 0.260 e. The molecule has 0 N–H and O–H groups in total. The molecule has 1 aromatic heterocycles. The average Bonchev–Trinajstić information content (AvgIpc) is 3.06. The summed E-state index contributed by atoms with van der Waals surface area (Å²) in [6, 6.07) is 8.00. The Morgan fingerprint density at radius 2 is 1.92 bits per heavy atom. The first-order chi connectivity index (χ1) is 12.0. The largest absolute Gasteiger partial charge is 0.484 e. The Labute approximate surface area is 149 Å². The van der Waals surface area contributed by atoms with Gasteiger partial charge in [0.2, 0.25) is 0 Å². The number of imidazole rings is 1. The van der Waals surface area contributed by atoms with E-state index in [1.165, 1.54) is 11.3 Å². The zero-order valence-electron chi connectivity index (χ0n) is 15.3. The van der Waals surface area contributed by atoms with Crippen molar-refractivity contribution in [3.63, 3.8) is 0 Å². The van der Waals surface area contributed by atoms with E-state index in [1.54, 1.807) is 0 Å². The van der Waals surface area contributed by atoms with Crippen LogP contribution in [0.4, 0.5) is 0 Å². The Balaban J connectivity index is 1.47. The molecule has 25 heavy (non-hydrogen) atoms. The highest BCUT2D eigenvalue weighted by Crippen LogP contribution is 2.27. The Hall–Kier alpha value is -2.30. The second-order valence-electron chi connectivity index (χ2n) is 7.10. The number of carbonyl (C=O) groups is 1. The smallest absolute Gasteiger partial charge is 0.260 e. The van der Waals surface area contributed by atoms with Crippen LogP contribution in [0.5, 0.6) is 5.75 Å². The minimum atomic E-state index is 0.0661. The van der Waals surface area contributed by atoms with Gasteiger partial charge in [-0.05, 0) is 36.5 Å². The van der Waals surface area contributed by atoms with Gasteiger partial charge < -0.3 is 14.2 Å². The number of rotatable bonds is 5. The van der Waals surface area contributed by atoms with Crippen LogP contribution in [0, 0.1) is 0 Å². The van der Waals surface area contributed by atoms with Crippen molar-refractivity contribution in [2.75, 3.05) is 19.7 Å². The predicted molar refractivity (Wildman–Crippen MR) is 97.8 cm³/mol. The quantitative estimate of drug-likeness (QED) is 0.838. The van der Waals surface area contributed by atoms with Crippen LogP contribution >= 0.6 is 0 Å². The lowest BCUT2D eigenvalue weighted by Gasteiger charge is -2.32. The first-order valence-electron chi connectivity index (χ1n) is 9.01. The molecule has 1 aliphatic rings. The third-order valence-electron chi connectivity index (χ3n) is 5.03. The van der Waals surface area contributed by atoms with Crippen LogP contribution in [0.2, 0.25) is 0 Å². The Bertz CT molecular complexity index is 698. The SMILES string of the molecule is CC(C)c1ccc(OCC(=O)N2CCC(c3cncn3C)CC2)cc1. The van der Waals surface area contributed by atoms with Crippen molar-refractivity contribution >= 4 is 5.91 Å². The summed E-state index contributed by atoms with van der Waals surface area (Å²) >= 11 is 0. The van der Waals surface area contributed by atoms with E-state index in [2.05, 4.69) is 35.5 Å². The minimum absolute atomic E-state index is 0.0661. The second kappa shape index (κ2) is 7.72. The van der Waals surface area contributed by atoms with Crippen molar-refractivity contribution in [1.82, 2.24) is 14.5 Å². The minimum Gasteiger partial charge on any atom is -0.484 e. The van der Waals surface area contributed by atoms with Gasteiger partial charge in [-0.1, -0.05) is 26.0 Å². The summed E-state index contributed by atoms with van der Waals surface area (Å²) < 4.78 is 7.74. The van der Waals surface area contributed by atoms with Gasteiger partial charge in [0.15, 0.2) is 6.61 Å². The summed E-state index contributed by atoms with van der Waals surface area (Å²) in [5.74, 6) is 1.80. The lowest BCUT2D eigenvalue weighted by atomic mass is 9.94. The van der Waals surface area contributed by atoms with Crippen LogP contribution in [0.15, 0.2) is 36.8 Å². The van der Waals surface area contributed by atoms with Gasteiger partial charge in [0.1, 0.15) is 5.75 Å². The second-order valence-corrected chi connectivity index (χ2v) is 7.10. The molecule has 1 fully saturated rings. The van der Waals surface area contributed by atoms with Gasteiger partial charge in [0.05, 0.1) is 6.33 Å². The number of piperidine rings is 1. The summed E-state index contributed by atoms with van der Waals surface area (Å²) in [4.78, 5) is 18.5. The highest BCUT2D eigenvalue weighted by molar-refractivity contribution is 5.77. The van der Waals surface area contributed by atoms with Crippen molar-refractivity contribution < 1.29 is 9.53 Å². The molecular weight excluding hydrogens is 314 g/mol. The standard InChI is InChI=1S/C20H27N3O2/c1-15(2)16-4-6-18(7-5-16)25-13-20(24)23-10-8-17(9-11-23)19-12-21-14-22(19)3/h4-7,12,14-15,17H,8-11,13H2,1-3H3. The Morgan fingerprint density at radius 3 is 2.48 bits per heavy atom. The molecule has 3 rings (SSSR count). The van der Waals surface area contributed by atoms with Crippen LogP contribution in [0.25, 0.3) is 0 Å². The summed E-state index contributed by atoms with van der Waals surface area (Å²) in [6.45, 7) is 6.00. The lowest BCUT2D eigenvalue weighted by molar-refractivity contribution is -0.134. The number of nitrogens with zero attached hydrogens (tertiary/aromatic N) is 3. The highest BCUT2D eigenvalue weighted by Gasteiger charge is 2.25. The third kappa shape index (κ3) is 4.21. The molecule has 5 heteroatoms. The molecule has 0 spiro atoms. The third-order valence-corrected chi connectivity index (χ3v) is 5.03. The number of aryl methyl sites for hydroxylation is 1. The lowest BCUT2D eigenvalue weighted by Crippen LogP contribution is -2.40. The van der Waals surface area contributed by atoms with Crippen molar-refractivity contribution in [2.45, 2.75) is 38.5 Å². The summed E-state index contributed by atoms with van der Waals surface area (Å²) in [6.07, 6.45) is 5.74. The van der Waals surface area contributed by atoms with Crippen molar-refractivity contribution in [3.05, 3.63) is 48.0 Å². The van der Waals surface area contributed by atoms with Crippen LogP contribution in [0.1, 0.15) is 49.8 Å². The normalized spacial score (nSPS) is 15.6. The van der Waals surface area contributed by atoms with Crippen molar-refractivity contribution in [3.8, 4) is 5.75 Å². The number of amides is 1. The van der Waals surface area contributed by atoms with Crippen molar-refractivity contribution in [2.24, 2.45) is 7.05 Å². The van der Waals surface area contributed by atoms with Gasteiger partial charge in [-0.2, -0.15) is 0 Å². The van der Waals surface area contributed by atoms with E-state index in [1.807, 2.05) is 36.6 Å². The first-order valence-corrected chi connectivity index (χ1v) is 9.01. The van der Waals surface area contributed by atoms with E-state index in [0.29, 0.717) is 11.8 Å². The number of aromatic nitrogens is 2. The van der Waals surface area contributed by atoms with Gasteiger partial charge in [-0.15, -0.1) is 0 Å². The van der Waals surface area contributed by atoms with Crippen LogP contribution in [-0.4, -0.2) is 40.1 Å². The average molecular weight is 341 g/mol. The van der Waals surface area contributed by atoms with E-state index >= 15 is 0 Å². The number of likely N-dealkylation sites (tertiary alicyclic amines) is 1. The number of carbonyl (C=O) groups excluding carboxylic acids is 1. The molecule has 1 aliphatic heterocycles. The number of hydrogen-bond acceptors (Lipinski definition) is 3. The predicted octanol–water partition coefficient (Wildman–Crippen LogP) is 3.33. The van der Waals surface area contributed by atoms with Crippen molar-refractivity contribution in [1.29, 1.82) is 0 Å². The monoisotopic (exact) mass is 341 g/mol. The van der Waals surface area contributed by atoms with E-state index in [-0.39, 0.29) is 12.5 Å². The fourth-order valence-corrected chi connectivity index (χ4v) is 3.37. The van der Waals surface area contributed by atoms with Gasteiger partial charge in [-0.25, -0.2) is 4.98 Å². The molecule has 0 aliphatic carbocycles. The molecule has 0 atom stereocenters. The molecule has 0 bridgehead atoms. The van der Waals surface area contributed by atoms with Crippen LogP contribution in [-0.2, 0) is 11.8 Å². The molecule has 1 aromatic carbocycles. The Kier molecular flexibility index (Phi) is 5.41. The molecule has 2 heterocycles. The molecular formula is C20H27N3O2. The first kappa shape index (κ1) is 17.5. The van der Waals surface area contributed by atoms with Gasteiger partial charge in [0, 0.05) is 37.9 Å². The summed E-state index contributed by atoms with van der Waals surface area (Å²) in [7, 11) is 2.03. The Morgan fingerprint density at radius 1 is 1.24 bits per heavy atom. The number of benzene rings is 1. The molecule has 5 nitrogen and oxygen atoms in total. The fourth-order valence-electron chi connectivity index (χ4n) is 3.37. The molecule has 2 aromatic rings. The summed E-state index contributed by atoms with van der Waals surface area (Å²) in [5.41, 5.74) is 2.53. The zero-order valence-corrected chi connectivity index (χ0v) is 15.3. The highest BCUT2D eigenvalue weighted by atomic mass is 16.5. The number of ether oxygens (including phenoxy) is 1. The topological polar surface area (TPSA) is 47.4 Å². The van der Waals surface area contributed by atoms with Crippen LogP contribution < -0.4 is 4.74 Å². The molecule has 1 saturated heterocycles. The van der Waals surface area contributed by atoms with Crippen LogP contribution in [0.3, 0.4) is 0 Å². The van der Waals surface area contributed by atoms with Gasteiger partial charge in [-0.3, -0.25) is 4.79 Å². The summed E-state index contributed by atoms with van der Waals surface area (Å²) in [5, 5.41) is 0. The van der Waals surface area contributed by atoms with Gasteiger partial charge in [0.25, 0.3) is 5.91 Å². The molecule has 1 amide bonds. The van der Waals surface area contributed by atoms with E-state index < -0.39 is 0 Å². The number of hydrogen-bond donors (Lipinski definition) is 0. The zero-order chi connectivity index (χ0) is 17.8. The fraction of sp³-hybridized carbons (Fsp3) is 0.500. The molecule has 134 valence electrons. The maximum absolute atomic E-state index is 12.4. The van der Waals surface area contributed by atoms with E-state index in [4.69, 9.17) is 4.74 Å². The van der Waals surface area contributed by atoms with E-state index in [9.17, 15) is 4.79 Å².